The van der Waals surface area contributed by atoms with E-state index in [4.69, 9.17) is 0 Å². The molecule has 0 radical (unpaired) electrons. The number of benzene rings is 1. The quantitative estimate of drug-likeness (QED) is 0.707. The minimum Gasteiger partial charge on any atom is -0.384 e. The third-order valence-electron chi connectivity index (χ3n) is 1.59. The number of nitrogens with one attached hydrogen (secondary N) is 2. The zero-order valence-electron chi connectivity index (χ0n) is 8.03. The third kappa shape index (κ3) is 4.84. The molecule has 0 aliphatic heterocycles. The maximum atomic E-state index is 10.7. The highest BCUT2D eigenvalue weighted by Crippen LogP contribution is 2.03. The summed E-state index contributed by atoms with van der Waals surface area (Å²) in [6.07, 6.45) is 1.15. The molecule has 0 heterocycles. The van der Waals surface area contributed by atoms with E-state index < -0.39 is 10.0 Å². The average Bonchev–Trinajstić information content (AvgIpc) is 2.13. The van der Waals surface area contributed by atoms with Crippen LogP contribution < -0.4 is 10.0 Å². The lowest BCUT2D eigenvalue weighted by Gasteiger charge is -2.05. The maximum Gasteiger partial charge on any atom is 0.208 e. The smallest absolute Gasteiger partial charge is 0.208 e. The fourth-order valence-electron chi connectivity index (χ4n) is 0.999. The summed E-state index contributed by atoms with van der Waals surface area (Å²) in [4.78, 5) is 0. The van der Waals surface area contributed by atoms with E-state index in [1.807, 2.05) is 30.3 Å². The molecular formula is C9H14N2O2S. The minimum absolute atomic E-state index is 0.397. The molecule has 5 heteroatoms. The van der Waals surface area contributed by atoms with Gasteiger partial charge in [0.2, 0.25) is 10.0 Å². The van der Waals surface area contributed by atoms with Gasteiger partial charge in [-0.05, 0) is 12.1 Å². The van der Waals surface area contributed by atoms with E-state index in [-0.39, 0.29) is 0 Å². The lowest BCUT2D eigenvalue weighted by molar-refractivity contribution is 0.589. The summed E-state index contributed by atoms with van der Waals surface area (Å²) >= 11 is 0. The number of para-hydroxylation sites is 1. The van der Waals surface area contributed by atoms with Crippen molar-refractivity contribution in [3.8, 4) is 0 Å². The molecule has 0 bridgehead atoms. The van der Waals surface area contributed by atoms with Crippen molar-refractivity contribution < 1.29 is 8.42 Å². The number of hydrogen-bond donors (Lipinski definition) is 2. The van der Waals surface area contributed by atoms with Gasteiger partial charge < -0.3 is 5.32 Å². The maximum absolute atomic E-state index is 10.7. The highest BCUT2D eigenvalue weighted by molar-refractivity contribution is 7.88. The first-order chi connectivity index (χ1) is 6.58. The molecular weight excluding hydrogens is 200 g/mol. The fourth-order valence-corrected chi connectivity index (χ4v) is 1.47. The molecule has 0 atom stereocenters. The Morgan fingerprint density at radius 2 is 1.79 bits per heavy atom. The van der Waals surface area contributed by atoms with Crippen LogP contribution in [-0.2, 0) is 10.0 Å². The van der Waals surface area contributed by atoms with Gasteiger partial charge in [0, 0.05) is 18.8 Å². The first kappa shape index (κ1) is 11.0. The molecule has 1 rings (SSSR count). The molecule has 2 N–H and O–H groups in total. The zero-order valence-corrected chi connectivity index (χ0v) is 8.84. The molecule has 0 aliphatic rings. The Morgan fingerprint density at radius 1 is 1.14 bits per heavy atom. The SMILES string of the molecule is CS(=O)(=O)NCCNc1ccccc1. The molecule has 0 aromatic heterocycles. The summed E-state index contributed by atoms with van der Waals surface area (Å²) in [7, 11) is -3.07. The number of sulfonamides is 1. The largest absolute Gasteiger partial charge is 0.384 e. The molecule has 0 unspecified atom stereocenters. The van der Waals surface area contributed by atoms with Crippen molar-refractivity contribution in [2.24, 2.45) is 0 Å². The van der Waals surface area contributed by atoms with E-state index >= 15 is 0 Å². The van der Waals surface area contributed by atoms with Crippen LogP contribution in [0, 0.1) is 0 Å². The number of hydrogen-bond acceptors (Lipinski definition) is 3. The van der Waals surface area contributed by atoms with E-state index in [2.05, 4.69) is 10.0 Å². The highest BCUT2D eigenvalue weighted by atomic mass is 32.2. The number of anilines is 1. The first-order valence-electron chi connectivity index (χ1n) is 4.31. The minimum atomic E-state index is -3.07. The molecule has 0 aliphatic carbocycles. The van der Waals surface area contributed by atoms with Gasteiger partial charge in [0.1, 0.15) is 0 Å². The lowest BCUT2D eigenvalue weighted by atomic mass is 10.3. The van der Waals surface area contributed by atoms with Crippen molar-refractivity contribution in [2.45, 2.75) is 0 Å². The van der Waals surface area contributed by atoms with Crippen LogP contribution in [0.5, 0.6) is 0 Å². The second kappa shape index (κ2) is 4.97. The van der Waals surface area contributed by atoms with Gasteiger partial charge in [-0.25, -0.2) is 13.1 Å². The van der Waals surface area contributed by atoms with Gasteiger partial charge in [-0.3, -0.25) is 0 Å². The van der Waals surface area contributed by atoms with Crippen LogP contribution in [0.3, 0.4) is 0 Å². The van der Waals surface area contributed by atoms with Crippen LogP contribution in [0.2, 0.25) is 0 Å². The Morgan fingerprint density at radius 3 is 2.36 bits per heavy atom. The normalized spacial score (nSPS) is 11.2. The standard InChI is InChI=1S/C9H14N2O2S/c1-14(12,13)11-8-7-10-9-5-3-2-4-6-9/h2-6,10-11H,7-8H2,1H3. The van der Waals surface area contributed by atoms with Crippen molar-refractivity contribution in [3.63, 3.8) is 0 Å². The molecule has 14 heavy (non-hydrogen) atoms. The van der Waals surface area contributed by atoms with E-state index in [9.17, 15) is 8.42 Å². The van der Waals surface area contributed by atoms with Crippen molar-refractivity contribution in [3.05, 3.63) is 30.3 Å². The molecule has 1 aromatic rings. The molecule has 0 saturated carbocycles. The fraction of sp³-hybridized carbons (Fsp3) is 0.333. The van der Waals surface area contributed by atoms with Gasteiger partial charge in [0.15, 0.2) is 0 Å². The van der Waals surface area contributed by atoms with Gasteiger partial charge in [-0.15, -0.1) is 0 Å². The van der Waals surface area contributed by atoms with E-state index in [1.54, 1.807) is 0 Å². The predicted molar refractivity (Wildman–Crippen MR) is 57.8 cm³/mol. The predicted octanol–water partition coefficient (Wildman–Crippen LogP) is 0.648. The van der Waals surface area contributed by atoms with Gasteiger partial charge in [0.05, 0.1) is 6.26 Å². The van der Waals surface area contributed by atoms with E-state index in [1.165, 1.54) is 0 Å². The van der Waals surface area contributed by atoms with E-state index in [0.717, 1.165) is 11.9 Å². The molecule has 0 saturated heterocycles. The lowest BCUT2D eigenvalue weighted by Crippen LogP contribution is -2.27. The summed E-state index contributed by atoms with van der Waals surface area (Å²) in [5.41, 5.74) is 0.989. The second-order valence-corrected chi connectivity index (χ2v) is 4.79. The molecule has 0 spiro atoms. The van der Waals surface area contributed by atoms with Crippen LogP contribution in [0.1, 0.15) is 0 Å². The zero-order chi connectivity index (χ0) is 10.4. The van der Waals surface area contributed by atoms with Crippen LogP contribution in [-0.4, -0.2) is 27.8 Å². The van der Waals surface area contributed by atoms with Crippen LogP contribution >= 0.6 is 0 Å². The van der Waals surface area contributed by atoms with Gasteiger partial charge in [0.25, 0.3) is 0 Å². The van der Waals surface area contributed by atoms with Crippen molar-refractivity contribution >= 4 is 15.7 Å². The van der Waals surface area contributed by atoms with Gasteiger partial charge >= 0.3 is 0 Å². The first-order valence-corrected chi connectivity index (χ1v) is 6.20. The van der Waals surface area contributed by atoms with Crippen molar-refractivity contribution in [2.75, 3.05) is 24.7 Å². The van der Waals surface area contributed by atoms with Crippen LogP contribution in [0.25, 0.3) is 0 Å². The molecule has 78 valence electrons. The highest BCUT2D eigenvalue weighted by Gasteiger charge is 1.97. The van der Waals surface area contributed by atoms with Crippen LogP contribution in [0.4, 0.5) is 5.69 Å². The Hall–Kier alpha value is -1.07. The van der Waals surface area contributed by atoms with Gasteiger partial charge in [-0.1, -0.05) is 18.2 Å². The van der Waals surface area contributed by atoms with Gasteiger partial charge in [-0.2, -0.15) is 0 Å². The molecule has 0 fully saturated rings. The summed E-state index contributed by atoms with van der Waals surface area (Å²) in [5.74, 6) is 0. The second-order valence-electron chi connectivity index (χ2n) is 2.96. The topological polar surface area (TPSA) is 58.2 Å². The summed E-state index contributed by atoms with van der Waals surface area (Å²) < 4.78 is 23.8. The van der Waals surface area contributed by atoms with Crippen LogP contribution in [0.15, 0.2) is 30.3 Å². The van der Waals surface area contributed by atoms with Crippen molar-refractivity contribution in [1.82, 2.24) is 4.72 Å². The summed E-state index contributed by atoms with van der Waals surface area (Å²) in [6, 6.07) is 9.64. The molecule has 0 amide bonds. The third-order valence-corrected chi connectivity index (χ3v) is 2.32. The Labute approximate surface area is 84.4 Å². The Bertz CT molecular complexity index is 362. The van der Waals surface area contributed by atoms with Crippen molar-refractivity contribution in [1.29, 1.82) is 0 Å². The molecule has 1 aromatic carbocycles. The Kier molecular flexibility index (Phi) is 3.91. The summed E-state index contributed by atoms with van der Waals surface area (Å²) in [6.45, 7) is 0.977. The Balaban J connectivity index is 2.23. The van der Waals surface area contributed by atoms with E-state index in [0.29, 0.717) is 13.1 Å². The summed E-state index contributed by atoms with van der Waals surface area (Å²) in [5, 5.41) is 3.09. The average molecular weight is 214 g/mol. The molecule has 4 nitrogen and oxygen atoms in total. The monoisotopic (exact) mass is 214 g/mol. The number of rotatable bonds is 5.